The molecule has 3 heteroatoms. The van der Waals surface area contributed by atoms with Crippen LogP contribution in [0.1, 0.15) is 25.8 Å². The van der Waals surface area contributed by atoms with Crippen molar-refractivity contribution < 1.29 is 0 Å². The quantitative estimate of drug-likeness (QED) is 0.685. The van der Waals surface area contributed by atoms with E-state index in [-0.39, 0.29) is 5.41 Å². The minimum Gasteiger partial charge on any atom is -0.241 e. The third-order valence-electron chi connectivity index (χ3n) is 2.24. The molecule has 1 aromatic carbocycles. The predicted molar refractivity (Wildman–Crippen MR) is 70.1 cm³/mol. The molecule has 0 spiro atoms. The maximum Gasteiger partial charge on any atom is 0.0992 e. The van der Waals surface area contributed by atoms with Crippen LogP contribution in [-0.4, -0.2) is 11.2 Å². The van der Waals surface area contributed by atoms with Gasteiger partial charge >= 0.3 is 0 Å². The first kappa shape index (κ1) is 11.0. The highest BCUT2D eigenvalue weighted by molar-refractivity contribution is 7.99. The van der Waals surface area contributed by atoms with Gasteiger partial charge in [0, 0.05) is 10.3 Å². The van der Waals surface area contributed by atoms with Crippen LogP contribution in [-0.2, 0) is 5.41 Å². The summed E-state index contributed by atoms with van der Waals surface area (Å²) in [7, 11) is 0. The summed E-state index contributed by atoms with van der Waals surface area (Å²) >= 11 is 3.62. The number of fused-ring (bicyclic) bond motifs is 1. The average molecular weight is 237 g/mol. The molecule has 80 valence electrons. The summed E-state index contributed by atoms with van der Waals surface area (Å²) in [6.07, 6.45) is 2.12. The zero-order chi connectivity index (χ0) is 11.1. The lowest BCUT2D eigenvalue weighted by molar-refractivity contribution is 0.587. The minimum absolute atomic E-state index is 0.152. The summed E-state index contributed by atoms with van der Waals surface area (Å²) in [6.45, 7) is 6.64. The highest BCUT2D eigenvalue weighted by Gasteiger charge is 2.19. The summed E-state index contributed by atoms with van der Waals surface area (Å²) in [5.41, 5.74) is 1.29. The van der Waals surface area contributed by atoms with Gasteiger partial charge in [0.25, 0.3) is 0 Å². The van der Waals surface area contributed by atoms with Crippen molar-refractivity contribution in [3.63, 3.8) is 0 Å². The van der Waals surface area contributed by atoms with Crippen LogP contribution in [0.25, 0.3) is 10.2 Å². The van der Waals surface area contributed by atoms with E-state index in [9.17, 15) is 0 Å². The van der Waals surface area contributed by atoms with E-state index < -0.39 is 0 Å². The van der Waals surface area contributed by atoms with Crippen molar-refractivity contribution in [1.82, 2.24) is 4.98 Å². The molecule has 2 rings (SSSR count). The lowest BCUT2D eigenvalue weighted by Gasteiger charge is -2.13. The molecular formula is C12H15NS2. The Morgan fingerprint density at radius 2 is 2.00 bits per heavy atom. The van der Waals surface area contributed by atoms with Crippen molar-refractivity contribution in [2.24, 2.45) is 0 Å². The van der Waals surface area contributed by atoms with Crippen molar-refractivity contribution in [2.45, 2.75) is 31.1 Å². The van der Waals surface area contributed by atoms with E-state index in [0.29, 0.717) is 0 Å². The Morgan fingerprint density at radius 3 is 2.60 bits per heavy atom. The summed E-state index contributed by atoms with van der Waals surface area (Å²) < 4.78 is 1.33. The Morgan fingerprint density at radius 1 is 1.27 bits per heavy atom. The van der Waals surface area contributed by atoms with Gasteiger partial charge in [-0.05, 0) is 18.4 Å². The fourth-order valence-corrected chi connectivity index (χ4v) is 3.32. The van der Waals surface area contributed by atoms with Crippen LogP contribution < -0.4 is 0 Å². The molecule has 0 unspecified atom stereocenters. The third kappa shape index (κ3) is 2.04. The zero-order valence-electron chi connectivity index (χ0n) is 9.50. The molecule has 2 aromatic rings. The van der Waals surface area contributed by atoms with E-state index in [1.807, 2.05) is 11.3 Å². The number of benzene rings is 1. The molecule has 1 nitrogen and oxygen atoms in total. The number of thiazole rings is 1. The largest absolute Gasteiger partial charge is 0.241 e. The van der Waals surface area contributed by atoms with Crippen LogP contribution in [0, 0.1) is 0 Å². The summed E-state index contributed by atoms with van der Waals surface area (Å²) in [6, 6.07) is 6.35. The molecule has 1 heterocycles. The predicted octanol–water partition coefficient (Wildman–Crippen LogP) is 4.32. The number of nitrogens with zero attached hydrogens (tertiary/aromatic N) is 1. The molecule has 0 aliphatic carbocycles. The molecule has 0 saturated heterocycles. The Kier molecular flexibility index (Phi) is 2.77. The Labute approximate surface area is 98.9 Å². The van der Waals surface area contributed by atoms with Crippen LogP contribution >= 0.6 is 23.1 Å². The van der Waals surface area contributed by atoms with Crippen molar-refractivity contribution >= 4 is 33.3 Å². The first-order chi connectivity index (χ1) is 7.02. The Hall–Kier alpha value is -0.540. The van der Waals surface area contributed by atoms with Crippen LogP contribution in [0.4, 0.5) is 0 Å². The number of aromatic nitrogens is 1. The van der Waals surface area contributed by atoms with E-state index in [1.165, 1.54) is 14.6 Å². The van der Waals surface area contributed by atoms with Crippen LogP contribution in [0.5, 0.6) is 0 Å². The van der Waals surface area contributed by atoms with Gasteiger partial charge in [-0.25, -0.2) is 4.98 Å². The maximum absolute atomic E-state index is 4.70. The Bertz CT molecular complexity index is 480. The van der Waals surface area contributed by atoms with E-state index >= 15 is 0 Å². The van der Waals surface area contributed by atoms with Gasteiger partial charge in [-0.3, -0.25) is 0 Å². The number of rotatable bonds is 1. The van der Waals surface area contributed by atoms with Gasteiger partial charge in [-0.1, -0.05) is 26.8 Å². The van der Waals surface area contributed by atoms with Crippen molar-refractivity contribution in [2.75, 3.05) is 6.26 Å². The third-order valence-corrected chi connectivity index (χ3v) is 4.68. The number of hydrogen-bond donors (Lipinski definition) is 0. The molecular weight excluding hydrogens is 222 g/mol. The first-order valence-electron chi connectivity index (χ1n) is 4.96. The first-order valence-corrected chi connectivity index (χ1v) is 7.00. The van der Waals surface area contributed by atoms with Crippen molar-refractivity contribution in [3.05, 3.63) is 23.2 Å². The molecule has 1 aromatic heterocycles. The molecule has 0 saturated carbocycles. The van der Waals surface area contributed by atoms with Crippen LogP contribution in [0.15, 0.2) is 23.1 Å². The summed E-state index contributed by atoms with van der Waals surface area (Å²) in [5, 5.41) is 1.22. The van der Waals surface area contributed by atoms with Crippen LogP contribution in [0.2, 0.25) is 0 Å². The van der Waals surface area contributed by atoms with Crippen molar-refractivity contribution in [3.8, 4) is 0 Å². The zero-order valence-corrected chi connectivity index (χ0v) is 11.1. The molecule has 0 fully saturated rings. The SMILES string of the molecule is CSc1cccc2nc(C(C)(C)C)sc12. The summed E-state index contributed by atoms with van der Waals surface area (Å²) in [4.78, 5) is 6.03. The van der Waals surface area contributed by atoms with Gasteiger partial charge in [-0.15, -0.1) is 23.1 Å². The average Bonchev–Trinajstić information content (AvgIpc) is 2.59. The lowest BCUT2D eigenvalue weighted by Crippen LogP contribution is -2.09. The monoisotopic (exact) mass is 237 g/mol. The Balaban J connectivity index is 2.65. The fraction of sp³-hybridized carbons (Fsp3) is 0.417. The van der Waals surface area contributed by atoms with Gasteiger partial charge in [0.15, 0.2) is 0 Å². The van der Waals surface area contributed by atoms with E-state index in [1.54, 1.807) is 11.8 Å². The topological polar surface area (TPSA) is 12.9 Å². The van der Waals surface area contributed by atoms with Gasteiger partial charge in [0.1, 0.15) is 0 Å². The molecule has 0 N–H and O–H groups in total. The van der Waals surface area contributed by atoms with E-state index in [4.69, 9.17) is 4.98 Å². The molecule has 0 radical (unpaired) electrons. The second-order valence-electron chi connectivity index (χ2n) is 4.58. The van der Waals surface area contributed by atoms with Gasteiger partial charge in [0.2, 0.25) is 0 Å². The second-order valence-corrected chi connectivity index (χ2v) is 6.42. The molecule has 0 aliphatic rings. The molecule has 0 atom stereocenters. The smallest absolute Gasteiger partial charge is 0.0992 e. The van der Waals surface area contributed by atoms with Gasteiger partial charge in [-0.2, -0.15) is 0 Å². The van der Waals surface area contributed by atoms with E-state index in [2.05, 4.69) is 45.2 Å². The fourth-order valence-electron chi connectivity index (χ4n) is 1.41. The van der Waals surface area contributed by atoms with E-state index in [0.717, 1.165) is 5.52 Å². The number of hydrogen-bond acceptors (Lipinski definition) is 3. The molecule has 15 heavy (non-hydrogen) atoms. The summed E-state index contributed by atoms with van der Waals surface area (Å²) in [5.74, 6) is 0. The van der Waals surface area contributed by atoms with Crippen LogP contribution in [0.3, 0.4) is 0 Å². The van der Waals surface area contributed by atoms with Gasteiger partial charge < -0.3 is 0 Å². The molecule has 0 aliphatic heterocycles. The van der Waals surface area contributed by atoms with Crippen molar-refractivity contribution in [1.29, 1.82) is 0 Å². The lowest BCUT2D eigenvalue weighted by atomic mass is 9.98. The highest BCUT2D eigenvalue weighted by atomic mass is 32.2. The number of thioether (sulfide) groups is 1. The molecule has 0 bridgehead atoms. The maximum atomic E-state index is 4.70. The minimum atomic E-state index is 0.152. The normalized spacial score (nSPS) is 12.3. The second kappa shape index (κ2) is 3.80. The highest BCUT2D eigenvalue weighted by Crippen LogP contribution is 2.35. The molecule has 0 amide bonds. The van der Waals surface area contributed by atoms with Gasteiger partial charge in [0.05, 0.1) is 15.2 Å². The standard InChI is InChI=1S/C12H15NS2/c1-12(2,3)11-13-8-6-5-7-9(14-4)10(8)15-11/h5-7H,1-4H3.